The van der Waals surface area contributed by atoms with Crippen molar-refractivity contribution < 1.29 is 42.5 Å². The van der Waals surface area contributed by atoms with Gasteiger partial charge in [-0.2, -0.15) is 10.2 Å². The molecule has 220 valence electrons. The van der Waals surface area contributed by atoms with Crippen LogP contribution in [0, 0.1) is 5.92 Å². The van der Waals surface area contributed by atoms with Crippen LogP contribution in [0.25, 0.3) is 5.52 Å². The van der Waals surface area contributed by atoms with Gasteiger partial charge in [0.25, 0.3) is 0 Å². The van der Waals surface area contributed by atoms with E-state index in [4.69, 9.17) is 24.3 Å². The predicted octanol–water partition coefficient (Wildman–Crippen LogP) is 2.44. The zero-order valence-corrected chi connectivity index (χ0v) is 23.5. The lowest BCUT2D eigenvalue weighted by molar-refractivity contribution is -0.170. The van der Waals surface area contributed by atoms with E-state index in [0.717, 1.165) is 13.4 Å². The van der Waals surface area contributed by atoms with Gasteiger partial charge in [-0.05, 0) is 37.1 Å². The molecule has 5 atom stereocenters. The summed E-state index contributed by atoms with van der Waals surface area (Å²) in [6.45, 7) is 2.88. The molecule has 5 N–H and O–H groups in total. The zero-order valence-electron chi connectivity index (χ0n) is 22.6. The van der Waals surface area contributed by atoms with Gasteiger partial charge in [-0.15, -0.1) is 0 Å². The number of carbonyl (C=O) groups excluding carboxylic acids is 1. The minimum absolute atomic E-state index is 0.0653. The number of para-hydroxylation sites is 1. The second kappa shape index (κ2) is 13.5. The Balaban J connectivity index is 1.92. The van der Waals surface area contributed by atoms with Crippen molar-refractivity contribution >= 4 is 25.1 Å². The lowest BCUT2D eigenvalue weighted by atomic mass is 9.93. The number of halogens is 1. The molecule has 0 bridgehead atoms. The number of rotatable bonds is 15. The monoisotopic (exact) mass is 583 g/mol. The van der Waals surface area contributed by atoms with Crippen molar-refractivity contribution in [3.63, 3.8) is 0 Å². The molecule has 3 rings (SSSR count). The number of carbonyl (C=O) groups is 1. The molecule has 15 heteroatoms. The molecule has 0 saturated heterocycles. The van der Waals surface area contributed by atoms with Gasteiger partial charge in [-0.3, -0.25) is 9.32 Å². The Morgan fingerprint density at radius 3 is 2.52 bits per heavy atom. The molecule has 1 unspecified atom stereocenters. The molecule has 0 spiro atoms. The first-order valence-electron chi connectivity index (χ1n) is 12.5. The van der Waals surface area contributed by atoms with Gasteiger partial charge in [0.1, 0.15) is 48.1 Å². The van der Waals surface area contributed by atoms with E-state index >= 15 is 0 Å². The van der Waals surface area contributed by atoms with Crippen molar-refractivity contribution in [1.82, 2.24) is 19.7 Å². The number of ether oxygens (including phenoxy) is 2. The number of alkyl halides is 1. The SMILES string of the molecule is CCOC(=O)[C@@H](NP(=O)(OC[C@@](CF)(OC)[C@@H](O)[C@@H](O)c1ccc2c(N)ncnn12)Oc1ccccc1)C(C)C. The van der Waals surface area contributed by atoms with Crippen molar-refractivity contribution in [3.05, 3.63) is 54.5 Å². The highest BCUT2D eigenvalue weighted by molar-refractivity contribution is 7.52. The van der Waals surface area contributed by atoms with Crippen LogP contribution >= 0.6 is 7.75 Å². The van der Waals surface area contributed by atoms with E-state index in [0.29, 0.717) is 5.52 Å². The van der Waals surface area contributed by atoms with Gasteiger partial charge in [-0.1, -0.05) is 32.0 Å². The minimum Gasteiger partial charge on any atom is -0.465 e. The van der Waals surface area contributed by atoms with Gasteiger partial charge in [0.15, 0.2) is 5.82 Å². The highest BCUT2D eigenvalue weighted by Crippen LogP contribution is 2.47. The summed E-state index contributed by atoms with van der Waals surface area (Å²) in [7, 11) is -3.36. The van der Waals surface area contributed by atoms with Crippen LogP contribution in [0.15, 0.2) is 48.8 Å². The summed E-state index contributed by atoms with van der Waals surface area (Å²) in [4.78, 5) is 16.5. The maximum atomic E-state index is 14.6. The fraction of sp³-hybridized carbons (Fsp3) is 0.480. The number of nitrogens with one attached hydrogen (secondary N) is 1. The molecular weight excluding hydrogens is 548 g/mol. The Bertz CT molecular complexity index is 1310. The summed E-state index contributed by atoms with van der Waals surface area (Å²) in [6, 6.07) is 9.82. The minimum atomic E-state index is -4.46. The van der Waals surface area contributed by atoms with Gasteiger partial charge >= 0.3 is 13.7 Å². The number of anilines is 1. The molecular formula is C25H35FN5O8P. The van der Waals surface area contributed by atoms with E-state index in [9.17, 15) is 24.0 Å². The number of nitrogens with two attached hydrogens (primary N) is 1. The average molecular weight is 584 g/mol. The van der Waals surface area contributed by atoms with E-state index in [1.807, 2.05) is 0 Å². The first-order chi connectivity index (χ1) is 19.0. The molecule has 0 aliphatic rings. The highest BCUT2D eigenvalue weighted by Gasteiger charge is 2.47. The Labute approximate surface area is 231 Å². The van der Waals surface area contributed by atoms with Crippen LogP contribution in [0.2, 0.25) is 0 Å². The Hall–Kier alpha value is -3.13. The van der Waals surface area contributed by atoms with Crippen LogP contribution in [-0.2, 0) is 23.4 Å². The van der Waals surface area contributed by atoms with Gasteiger partial charge < -0.3 is 29.9 Å². The van der Waals surface area contributed by atoms with Crippen LogP contribution < -0.4 is 15.3 Å². The van der Waals surface area contributed by atoms with Gasteiger partial charge in [0.2, 0.25) is 0 Å². The summed E-state index contributed by atoms with van der Waals surface area (Å²) in [6.07, 6.45) is -2.54. The van der Waals surface area contributed by atoms with Gasteiger partial charge in [0, 0.05) is 7.11 Å². The van der Waals surface area contributed by atoms with Gasteiger partial charge in [0.05, 0.1) is 18.9 Å². The maximum Gasteiger partial charge on any atom is 0.459 e. The van der Waals surface area contributed by atoms with E-state index in [2.05, 4.69) is 15.2 Å². The zero-order chi connectivity index (χ0) is 29.5. The van der Waals surface area contributed by atoms with Crippen molar-refractivity contribution in [2.24, 2.45) is 5.92 Å². The molecule has 0 fully saturated rings. The largest absolute Gasteiger partial charge is 0.465 e. The number of methoxy groups -OCH3 is 1. The maximum absolute atomic E-state index is 14.6. The Morgan fingerprint density at radius 2 is 1.93 bits per heavy atom. The molecule has 2 heterocycles. The second-order valence-corrected chi connectivity index (χ2v) is 11.0. The average Bonchev–Trinajstić information content (AvgIpc) is 3.38. The van der Waals surface area contributed by atoms with E-state index in [1.54, 1.807) is 39.0 Å². The lowest BCUT2D eigenvalue weighted by Crippen LogP contribution is -2.53. The van der Waals surface area contributed by atoms with E-state index in [1.165, 1.54) is 28.8 Å². The number of aliphatic hydroxyl groups excluding tert-OH is 2. The lowest BCUT2D eigenvalue weighted by Gasteiger charge is -2.37. The van der Waals surface area contributed by atoms with Crippen LogP contribution in [0.3, 0.4) is 0 Å². The van der Waals surface area contributed by atoms with Crippen LogP contribution in [-0.4, -0.2) is 75.5 Å². The molecule has 1 aromatic carbocycles. The normalized spacial score (nSPS) is 17.1. The number of nitrogens with zero attached hydrogens (tertiary/aromatic N) is 3. The fourth-order valence-corrected chi connectivity index (χ4v) is 5.58. The number of hydrogen-bond donors (Lipinski definition) is 4. The summed E-state index contributed by atoms with van der Waals surface area (Å²) in [5.41, 5.74) is 4.03. The van der Waals surface area contributed by atoms with Crippen molar-refractivity contribution in [1.29, 1.82) is 0 Å². The molecule has 0 aliphatic heterocycles. The molecule has 13 nitrogen and oxygen atoms in total. The molecule has 0 radical (unpaired) electrons. The van der Waals surface area contributed by atoms with E-state index in [-0.39, 0.29) is 23.9 Å². The topological polar surface area (TPSA) is 180 Å². The number of fused-ring (bicyclic) bond motifs is 1. The summed E-state index contributed by atoms with van der Waals surface area (Å²) >= 11 is 0. The Morgan fingerprint density at radius 1 is 1.23 bits per heavy atom. The molecule has 0 saturated carbocycles. The second-order valence-electron chi connectivity index (χ2n) is 9.27. The van der Waals surface area contributed by atoms with Gasteiger partial charge in [-0.25, -0.2) is 18.5 Å². The summed E-state index contributed by atoms with van der Waals surface area (Å²) < 4.78 is 51.5. The highest BCUT2D eigenvalue weighted by atomic mass is 31.2. The fourth-order valence-electron chi connectivity index (χ4n) is 3.86. The standard InChI is InChI=1S/C25H35FN5O8P/c1-5-37-24(34)20(16(2)3)30-40(35,39-17-9-7-6-8-10-17)38-14-25(13-26,36-4)22(33)21(32)18-11-12-19-23(27)28-15-29-31(18)19/h6-12,15-16,20-22,32-33H,5,13-14H2,1-4H3,(H,30,35)(H2,27,28,29)/t20-,21-,22-,25+,40?/m0/s1. The van der Waals surface area contributed by atoms with Crippen molar-refractivity contribution in [2.45, 2.75) is 44.6 Å². The molecule has 40 heavy (non-hydrogen) atoms. The molecule has 3 aromatic rings. The molecule has 2 aromatic heterocycles. The number of aromatic nitrogens is 3. The smallest absolute Gasteiger partial charge is 0.459 e. The Kier molecular flexibility index (Phi) is 10.6. The summed E-state index contributed by atoms with van der Waals surface area (Å²) in [5.74, 6) is -0.849. The van der Waals surface area contributed by atoms with E-state index < -0.39 is 56.8 Å². The van der Waals surface area contributed by atoms with Crippen LogP contribution in [0.1, 0.15) is 32.6 Å². The van der Waals surface area contributed by atoms with Crippen molar-refractivity contribution in [3.8, 4) is 5.75 Å². The number of benzene rings is 1. The predicted molar refractivity (Wildman–Crippen MR) is 143 cm³/mol. The van der Waals surface area contributed by atoms with Crippen LogP contribution in [0.4, 0.5) is 10.2 Å². The third-order valence-electron chi connectivity index (χ3n) is 6.24. The third-order valence-corrected chi connectivity index (χ3v) is 7.75. The molecule has 0 amide bonds. The first-order valence-corrected chi connectivity index (χ1v) is 14.0. The number of aliphatic hydroxyl groups is 2. The third kappa shape index (κ3) is 6.95. The first kappa shape index (κ1) is 31.4. The van der Waals surface area contributed by atoms with Crippen LogP contribution in [0.5, 0.6) is 5.75 Å². The molecule has 0 aliphatic carbocycles. The number of esters is 1. The number of hydrogen-bond acceptors (Lipinski definition) is 11. The number of nitrogen functional groups attached to an aromatic ring is 1. The quantitative estimate of drug-likeness (QED) is 0.152. The summed E-state index contributed by atoms with van der Waals surface area (Å²) in [5, 5.41) is 28.8. The van der Waals surface area contributed by atoms with Crippen molar-refractivity contribution in [2.75, 3.05) is 32.7 Å².